The Bertz CT molecular complexity index is 553. The quantitative estimate of drug-likeness (QED) is 0.269. The summed E-state index contributed by atoms with van der Waals surface area (Å²) in [4.78, 5) is 4.37. The second-order valence-corrected chi connectivity index (χ2v) is 7.14. The van der Waals surface area contributed by atoms with E-state index < -0.39 is 0 Å². The number of halogens is 1. The molecule has 0 amide bonds. The van der Waals surface area contributed by atoms with Gasteiger partial charge in [0.25, 0.3) is 0 Å². The van der Waals surface area contributed by atoms with Crippen molar-refractivity contribution in [1.29, 1.82) is 0 Å². The van der Waals surface area contributed by atoms with Crippen LogP contribution in [-0.2, 0) is 6.54 Å². The fourth-order valence-electron chi connectivity index (χ4n) is 3.00. The van der Waals surface area contributed by atoms with Gasteiger partial charge in [0, 0.05) is 30.4 Å². The Morgan fingerprint density at radius 3 is 2.92 bits per heavy atom. The molecular formula is C19H30IN3OS. The molecule has 0 bridgehead atoms. The van der Waals surface area contributed by atoms with Crippen molar-refractivity contribution < 1.29 is 4.74 Å². The summed E-state index contributed by atoms with van der Waals surface area (Å²) >= 11 is 1.98. The van der Waals surface area contributed by atoms with E-state index in [-0.39, 0.29) is 24.0 Å². The molecule has 1 aliphatic carbocycles. The highest BCUT2D eigenvalue weighted by atomic mass is 127. The van der Waals surface area contributed by atoms with Gasteiger partial charge in [0.05, 0.1) is 0 Å². The molecule has 1 aromatic rings. The Hall–Kier alpha value is -0.890. The van der Waals surface area contributed by atoms with Gasteiger partial charge in [-0.1, -0.05) is 37.3 Å². The first-order chi connectivity index (χ1) is 11.8. The lowest BCUT2D eigenvalue weighted by Crippen LogP contribution is -2.45. The maximum absolute atomic E-state index is 5.71. The monoisotopic (exact) mass is 475 g/mol. The molecule has 2 atom stereocenters. The number of thioether (sulfide) groups is 1. The van der Waals surface area contributed by atoms with Crippen LogP contribution in [0.5, 0.6) is 5.75 Å². The maximum Gasteiger partial charge on any atom is 0.191 e. The average Bonchev–Trinajstić information content (AvgIpc) is 2.64. The van der Waals surface area contributed by atoms with Crippen LogP contribution < -0.4 is 15.4 Å². The number of rotatable bonds is 7. The zero-order chi connectivity index (χ0) is 17.2. The van der Waals surface area contributed by atoms with E-state index in [1.54, 1.807) is 6.08 Å². The molecule has 2 unspecified atom stereocenters. The van der Waals surface area contributed by atoms with Crippen molar-refractivity contribution in [1.82, 2.24) is 10.6 Å². The van der Waals surface area contributed by atoms with Crippen LogP contribution in [0.1, 0.15) is 31.2 Å². The summed E-state index contributed by atoms with van der Waals surface area (Å²) in [6, 6.07) is 8.58. The zero-order valence-corrected chi connectivity index (χ0v) is 18.3. The maximum atomic E-state index is 5.71. The average molecular weight is 475 g/mol. The van der Waals surface area contributed by atoms with Crippen LogP contribution >= 0.6 is 35.7 Å². The number of para-hydroxylation sites is 1. The van der Waals surface area contributed by atoms with Crippen molar-refractivity contribution >= 4 is 41.7 Å². The third kappa shape index (κ3) is 7.48. The molecule has 1 saturated carbocycles. The fraction of sp³-hybridized carbons (Fsp3) is 0.526. The lowest BCUT2D eigenvalue weighted by Gasteiger charge is -2.30. The normalized spacial score (nSPS) is 20.3. The lowest BCUT2D eigenvalue weighted by molar-refractivity contribution is 0.358. The Morgan fingerprint density at radius 1 is 1.40 bits per heavy atom. The molecule has 0 heterocycles. The van der Waals surface area contributed by atoms with E-state index in [2.05, 4.69) is 34.5 Å². The van der Waals surface area contributed by atoms with Crippen LogP contribution in [0, 0.1) is 0 Å². The van der Waals surface area contributed by atoms with Gasteiger partial charge < -0.3 is 15.4 Å². The molecule has 25 heavy (non-hydrogen) atoms. The summed E-state index contributed by atoms with van der Waals surface area (Å²) in [6.07, 6.45) is 9.02. The highest BCUT2D eigenvalue weighted by Crippen LogP contribution is 2.26. The summed E-state index contributed by atoms with van der Waals surface area (Å²) in [7, 11) is 1.82. The molecule has 0 spiro atoms. The number of ether oxygens (including phenoxy) is 1. The third-order valence-corrected chi connectivity index (χ3v) is 5.39. The number of benzene rings is 1. The van der Waals surface area contributed by atoms with E-state index in [0.717, 1.165) is 22.5 Å². The van der Waals surface area contributed by atoms with E-state index in [0.29, 0.717) is 19.2 Å². The molecule has 4 nitrogen and oxygen atoms in total. The largest absolute Gasteiger partial charge is 0.489 e. The van der Waals surface area contributed by atoms with E-state index in [9.17, 15) is 0 Å². The summed E-state index contributed by atoms with van der Waals surface area (Å²) in [5, 5.41) is 7.75. The summed E-state index contributed by atoms with van der Waals surface area (Å²) < 4.78 is 5.71. The molecule has 0 saturated heterocycles. The van der Waals surface area contributed by atoms with Gasteiger partial charge in [-0.15, -0.1) is 24.0 Å². The number of nitrogens with zero attached hydrogens (tertiary/aromatic N) is 1. The number of nitrogens with one attached hydrogen (secondary N) is 2. The molecule has 2 rings (SSSR count). The van der Waals surface area contributed by atoms with Crippen LogP contribution in [0.2, 0.25) is 0 Å². The predicted molar refractivity (Wildman–Crippen MR) is 120 cm³/mol. The topological polar surface area (TPSA) is 45.6 Å². The van der Waals surface area contributed by atoms with Gasteiger partial charge in [0.1, 0.15) is 12.4 Å². The Morgan fingerprint density at radius 2 is 2.20 bits per heavy atom. The van der Waals surface area contributed by atoms with Crippen LogP contribution in [-0.4, -0.2) is 37.2 Å². The molecule has 1 fully saturated rings. The van der Waals surface area contributed by atoms with Crippen molar-refractivity contribution in [3.8, 4) is 5.75 Å². The van der Waals surface area contributed by atoms with Crippen LogP contribution in [0.4, 0.5) is 0 Å². The second-order valence-electron chi connectivity index (χ2n) is 6.00. The summed E-state index contributed by atoms with van der Waals surface area (Å²) in [6.45, 7) is 4.90. The molecule has 140 valence electrons. The molecule has 0 radical (unpaired) electrons. The molecule has 0 aliphatic heterocycles. The third-order valence-electron chi connectivity index (χ3n) is 4.30. The number of aliphatic imine (C=N–C) groups is 1. The minimum atomic E-state index is 0. The van der Waals surface area contributed by atoms with Crippen molar-refractivity contribution in [2.45, 2.75) is 43.5 Å². The van der Waals surface area contributed by atoms with Gasteiger partial charge in [-0.25, -0.2) is 0 Å². The van der Waals surface area contributed by atoms with Crippen LogP contribution in [0.15, 0.2) is 41.9 Å². The first-order valence-corrected chi connectivity index (χ1v) is 9.87. The first kappa shape index (κ1) is 22.2. The van der Waals surface area contributed by atoms with Crippen molar-refractivity contribution in [2.75, 3.05) is 19.9 Å². The molecular weight excluding hydrogens is 445 g/mol. The molecule has 1 aliphatic rings. The van der Waals surface area contributed by atoms with E-state index in [4.69, 9.17) is 4.74 Å². The van der Waals surface area contributed by atoms with Gasteiger partial charge in [-0.2, -0.15) is 11.8 Å². The number of guanidine groups is 1. The van der Waals surface area contributed by atoms with Crippen LogP contribution in [0.25, 0.3) is 0 Å². The lowest BCUT2D eigenvalue weighted by atomic mass is 9.95. The van der Waals surface area contributed by atoms with E-state index >= 15 is 0 Å². The Kier molecular flexibility index (Phi) is 11.0. The SMILES string of the molecule is C=CCOc1ccccc1CNC(=NC)NC1CCCC(SC)C1.I. The van der Waals surface area contributed by atoms with E-state index in [1.165, 1.54) is 25.7 Å². The van der Waals surface area contributed by atoms with Crippen molar-refractivity contribution in [2.24, 2.45) is 4.99 Å². The van der Waals surface area contributed by atoms with Gasteiger partial charge in [-0.05, 0) is 31.6 Å². The number of hydrogen-bond acceptors (Lipinski definition) is 3. The summed E-state index contributed by atoms with van der Waals surface area (Å²) in [5.41, 5.74) is 1.12. The molecule has 1 aromatic carbocycles. The zero-order valence-electron chi connectivity index (χ0n) is 15.2. The van der Waals surface area contributed by atoms with Crippen molar-refractivity contribution in [3.05, 3.63) is 42.5 Å². The highest BCUT2D eigenvalue weighted by Gasteiger charge is 2.21. The first-order valence-electron chi connectivity index (χ1n) is 8.58. The highest BCUT2D eigenvalue weighted by molar-refractivity contribution is 14.0. The van der Waals surface area contributed by atoms with Gasteiger partial charge >= 0.3 is 0 Å². The number of hydrogen-bond donors (Lipinski definition) is 2. The minimum Gasteiger partial charge on any atom is -0.489 e. The van der Waals surface area contributed by atoms with E-state index in [1.807, 2.05) is 37.0 Å². The minimum absolute atomic E-state index is 0. The fourth-order valence-corrected chi connectivity index (χ4v) is 3.82. The van der Waals surface area contributed by atoms with Gasteiger partial charge in [-0.3, -0.25) is 4.99 Å². The van der Waals surface area contributed by atoms with Gasteiger partial charge in [0.15, 0.2) is 5.96 Å². The second kappa shape index (κ2) is 12.5. The Balaban J connectivity index is 0.00000312. The molecule has 6 heteroatoms. The molecule has 0 aromatic heterocycles. The van der Waals surface area contributed by atoms with Crippen molar-refractivity contribution in [3.63, 3.8) is 0 Å². The van der Waals surface area contributed by atoms with Crippen LogP contribution in [0.3, 0.4) is 0 Å². The molecule has 2 N–H and O–H groups in total. The standard InChI is InChI=1S/C19H29N3OS.HI/c1-4-12-23-18-11-6-5-8-15(18)14-21-19(20-2)22-16-9-7-10-17(13-16)24-3;/h4-6,8,11,16-17H,1,7,9-10,12-14H2,2-3H3,(H2,20,21,22);1H. The van der Waals surface area contributed by atoms with Gasteiger partial charge in [0.2, 0.25) is 0 Å². The smallest absolute Gasteiger partial charge is 0.191 e. The predicted octanol–water partition coefficient (Wildman–Crippen LogP) is 4.21. The Labute approximate surface area is 173 Å². The summed E-state index contributed by atoms with van der Waals surface area (Å²) in [5.74, 6) is 1.75.